The molecule has 7 nitrogen and oxygen atoms in total. The van der Waals surface area contributed by atoms with E-state index in [1.165, 1.54) is 5.56 Å². The van der Waals surface area contributed by atoms with E-state index in [1.54, 1.807) is 12.7 Å². The summed E-state index contributed by atoms with van der Waals surface area (Å²) in [4.78, 5) is 29.9. The highest BCUT2D eigenvalue weighted by molar-refractivity contribution is 5.76. The first kappa shape index (κ1) is 19.1. The van der Waals surface area contributed by atoms with Gasteiger partial charge in [0.25, 0.3) is 0 Å². The van der Waals surface area contributed by atoms with Crippen LogP contribution >= 0.6 is 0 Å². The standard InChI is InChI=1S/C22H26N6O/c1-17-18(2)28(16-25-17)21-14-20(23-15-24-21)26-10-12-27(13-11-26)22(29)9-8-19-6-4-3-5-7-19/h3-7,14-16H,8-13H2,1-2H3. The molecule has 0 aliphatic carbocycles. The fourth-order valence-electron chi connectivity index (χ4n) is 3.61. The summed E-state index contributed by atoms with van der Waals surface area (Å²) in [6.07, 6.45) is 4.73. The van der Waals surface area contributed by atoms with Crippen LogP contribution in [-0.4, -0.2) is 56.5 Å². The zero-order valence-corrected chi connectivity index (χ0v) is 17.0. The third-order valence-corrected chi connectivity index (χ3v) is 5.56. The SMILES string of the molecule is Cc1ncn(-c2cc(N3CCN(C(=O)CCc4ccccc4)CC3)ncn2)c1C. The Labute approximate surface area is 171 Å². The topological polar surface area (TPSA) is 67.2 Å². The molecule has 0 unspecified atom stereocenters. The van der Waals surface area contributed by atoms with E-state index in [-0.39, 0.29) is 5.91 Å². The maximum Gasteiger partial charge on any atom is 0.223 e. The fraction of sp³-hybridized carbons (Fsp3) is 0.364. The molecule has 1 fully saturated rings. The first-order chi connectivity index (χ1) is 14.1. The number of rotatable bonds is 5. The fourth-order valence-corrected chi connectivity index (χ4v) is 3.61. The van der Waals surface area contributed by atoms with E-state index < -0.39 is 0 Å². The predicted octanol–water partition coefficient (Wildman–Crippen LogP) is 2.56. The van der Waals surface area contributed by atoms with Crippen molar-refractivity contribution in [2.24, 2.45) is 0 Å². The molecular weight excluding hydrogens is 364 g/mol. The van der Waals surface area contributed by atoms with Gasteiger partial charge in [-0.1, -0.05) is 30.3 Å². The molecule has 1 aliphatic heterocycles. The number of amides is 1. The van der Waals surface area contributed by atoms with Gasteiger partial charge in [0.2, 0.25) is 5.91 Å². The molecule has 3 aromatic rings. The summed E-state index contributed by atoms with van der Waals surface area (Å²) in [5.41, 5.74) is 3.27. The van der Waals surface area contributed by atoms with Crippen molar-refractivity contribution < 1.29 is 4.79 Å². The van der Waals surface area contributed by atoms with E-state index in [4.69, 9.17) is 0 Å². The van der Waals surface area contributed by atoms with Gasteiger partial charge in [-0.2, -0.15) is 0 Å². The first-order valence-electron chi connectivity index (χ1n) is 10.0. The lowest BCUT2D eigenvalue weighted by Crippen LogP contribution is -2.49. The van der Waals surface area contributed by atoms with E-state index in [0.29, 0.717) is 6.42 Å². The lowest BCUT2D eigenvalue weighted by Gasteiger charge is -2.35. The highest BCUT2D eigenvalue weighted by Crippen LogP contribution is 2.18. The molecule has 4 rings (SSSR count). The molecule has 0 atom stereocenters. The molecule has 0 radical (unpaired) electrons. The van der Waals surface area contributed by atoms with Crippen LogP contribution in [0.5, 0.6) is 0 Å². The summed E-state index contributed by atoms with van der Waals surface area (Å²) >= 11 is 0. The highest BCUT2D eigenvalue weighted by atomic mass is 16.2. The van der Waals surface area contributed by atoms with E-state index in [9.17, 15) is 4.79 Å². The Morgan fingerprint density at radius 1 is 0.966 bits per heavy atom. The van der Waals surface area contributed by atoms with Crippen LogP contribution in [0, 0.1) is 13.8 Å². The zero-order chi connectivity index (χ0) is 20.2. The molecule has 1 aromatic carbocycles. The normalized spacial score (nSPS) is 14.3. The van der Waals surface area contributed by atoms with E-state index in [1.807, 2.05) is 47.6 Å². The Hall–Kier alpha value is -3.22. The molecule has 2 aromatic heterocycles. The molecule has 0 saturated carbocycles. The summed E-state index contributed by atoms with van der Waals surface area (Å²) in [5.74, 6) is 1.92. The van der Waals surface area contributed by atoms with Crippen molar-refractivity contribution in [3.8, 4) is 5.82 Å². The molecule has 1 saturated heterocycles. The number of hydrogen-bond acceptors (Lipinski definition) is 5. The summed E-state index contributed by atoms with van der Waals surface area (Å²) in [7, 11) is 0. The first-order valence-corrected chi connectivity index (χ1v) is 10.0. The number of carbonyl (C=O) groups excluding carboxylic acids is 1. The van der Waals surface area contributed by atoms with Crippen LogP contribution in [0.4, 0.5) is 5.82 Å². The minimum absolute atomic E-state index is 0.224. The Balaban J connectivity index is 1.35. The quantitative estimate of drug-likeness (QED) is 0.670. The molecule has 29 heavy (non-hydrogen) atoms. The second-order valence-corrected chi connectivity index (χ2v) is 7.37. The summed E-state index contributed by atoms with van der Waals surface area (Å²) in [5, 5.41) is 0. The lowest BCUT2D eigenvalue weighted by atomic mass is 10.1. The maximum atomic E-state index is 12.6. The minimum Gasteiger partial charge on any atom is -0.353 e. The second kappa shape index (κ2) is 8.43. The smallest absolute Gasteiger partial charge is 0.223 e. The number of anilines is 1. The number of nitrogens with zero attached hydrogens (tertiary/aromatic N) is 6. The molecule has 7 heteroatoms. The Morgan fingerprint density at radius 2 is 1.69 bits per heavy atom. The Kier molecular flexibility index (Phi) is 5.55. The van der Waals surface area contributed by atoms with Gasteiger partial charge in [-0.25, -0.2) is 15.0 Å². The molecule has 150 valence electrons. The molecule has 0 bridgehead atoms. The van der Waals surface area contributed by atoms with Crippen LogP contribution in [0.3, 0.4) is 0 Å². The van der Waals surface area contributed by atoms with Crippen LogP contribution in [0.25, 0.3) is 5.82 Å². The Bertz CT molecular complexity index is 976. The molecule has 1 amide bonds. The van der Waals surface area contributed by atoms with Gasteiger partial charge in [0, 0.05) is 44.4 Å². The average Bonchev–Trinajstić information content (AvgIpc) is 3.11. The van der Waals surface area contributed by atoms with Gasteiger partial charge in [0.15, 0.2) is 0 Å². The molecule has 0 N–H and O–H groups in total. The summed E-state index contributed by atoms with van der Waals surface area (Å²) in [6.45, 7) is 7.00. The van der Waals surface area contributed by atoms with E-state index >= 15 is 0 Å². The van der Waals surface area contributed by atoms with Crippen LogP contribution in [-0.2, 0) is 11.2 Å². The van der Waals surface area contributed by atoms with Crippen LogP contribution in [0.15, 0.2) is 49.1 Å². The van der Waals surface area contributed by atoms with Crippen LogP contribution < -0.4 is 4.90 Å². The lowest BCUT2D eigenvalue weighted by molar-refractivity contribution is -0.131. The number of imidazole rings is 1. The van der Waals surface area contributed by atoms with Crippen molar-refractivity contribution in [3.63, 3.8) is 0 Å². The summed E-state index contributed by atoms with van der Waals surface area (Å²) in [6, 6.07) is 12.2. The van der Waals surface area contributed by atoms with E-state index in [2.05, 4.69) is 32.0 Å². The van der Waals surface area contributed by atoms with Crippen LogP contribution in [0.1, 0.15) is 23.4 Å². The van der Waals surface area contributed by atoms with Crippen molar-refractivity contribution >= 4 is 11.7 Å². The van der Waals surface area contributed by atoms with Gasteiger partial charge >= 0.3 is 0 Å². The molecular formula is C22H26N6O. The number of benzene rings is 1. The third-order valence-electron chi connectivity index (χ3n) is 5.56. The largest absolute Gasteiger partial charge is 0.353 e. The highest BCUT2D eigenvalue weighted by Gasteiger charge is 2.22. The molecule has 0 spiro atoms. The van der Waals surface area contributed by atoms with Gasteiger partial charge < -0.3 is 9.80 Å². The van der Waals surface area contributed by atoms with Crippen molar-refractivity contribution in [3.05, 3.63) is 66.0 Å². The second-order valence-electron chi connectivity index (χ2n) is 7.37. The monoisotopic (exact) mass is 390 g/mol. The van der Waals surface area contributed by atoms with Gasteiger partial charge in [0.05, 0.1) is 5.69 Å². The van der Waals surface area contributed by atoms with Gasteiger partial charge in [-0.3, -0.25) is 9.36 Å². The number of piperazine rings is 1. The van der Waals surface area contributed by atoms with Crippen molar-refractivity contribution in [1.82, 2.24) is 24.4 Å². The Morgan fingerprint density at radius 3 is 2.38 bits per heavy atom. The van der Waals surface area contributed by atoms with Gasteiger partial charge in [0.1, 0.15) is 24.3 Å². The van der Waals surface area contributed by atoms with Crippen molar-refractivity contribution in [1.29, 1.82) is 0 Å². The van der Waals surface area contributed by atoms with Crippen molar-refractivity contribution in [2.75, 3.05) is 31.1 Å². The zero-order valence-electron chi connectivity index (χ0n) is 17.0. The average molecular weight is 390 g/mol. The maximum absolute atomic E-state index is 12.6. The van der Waals surface area contributed by atoms with Gasteiger partial charge in [-0.15, -0.1) is 0 Å². The number of hydrogen-bond donors (Lipinski definition) is 0. The van der Waals surface area contributed by atoms with E-state index in [0.717, 1.165) is 55.6 Å². The predicted molar refractivity (Wildman–Crippen MR) is 112 cm³/mol. The molecule has 1 aliphatic rings. The number of carbonyl (C=O) groups is 1. The van der Waals surface area contributed by atoms with Gasteiger partial charge in [-0.05, 0) is 25.8 Å². The number of aryl methyl sites for hydroxylation is 2. The summed E-state index contributed by atoms with van der Waals surface area (Å²) < 4.78 is 1.98. The van der Waals surface area contributed by atoms with Crippen LogP contribution in [0.2, 0.25) is 0 Å². The third kappa shape index (κ3) is 4.29. The molecule has 3 heterocycles. The minimum atomic E-state index is 0.224. The number of aromatic nitrogens is 4. The van der Waals surface area contributed by atoms with Crippen molar-refractivity contribution in [2.45, 2.75) is 26.7 Å².